The molecule has 2 atom stereocenters. The summed E-state index contributed by atoms with van der Waals surface area (Å²) in [6.07, 6.45) is -0.713. The number of amides is 1. The third-order valence-corrected chi connectivity index (χ3v) is 3.22. The van der Waals surface area contributed by atoms with Gasteiger partial charge in [-0.05, 0) is 5.41 Å². The summed E-state index contributed by atoms with van der Waals surface area (Å²) < 4.78 is 5.28. The maximum absolute atomic E-state index is 11.8. The second-order valence-corrected chi connectivity index (χ2v) is 5.69. The van der Waals surface area contributed by atoms with Crippen molar-refractivity contribution in [1.82, 2.24) is 10.2 Å². The van der Waals surface area contributed by atoms with Crippen LogP contribution in [0.1, 0.15) is 20.8 Å². The predicted molar refractivity (Wildman–Crippen MR) is 59.1 cm³/mol. The lowest BCUT2D eigenvalue weighted by Gasteiger charge is -2.51. The molecule has 0 aromatic heterocycles. The van der Waals surface area contributed by atoms with Crippen molar-refractivity contribution in [3.8, 4) is 0 Å². The average Bonchev–Trinajstić information content (AvgIpc) is 2.03. The van der Waals surface area contributed by atoms with Crippen LogP contribution in [0.25, 0.3) is 0 Å². The van der Waals surface area contributed by atoms with Crippen molar-refractivity contribution >= 4 is 6.09 Å². The van der Waals surface area contributed by atoms with Gasteiger partial charge in [0.25, 0.3) is 0 Å². The second kappa shape index (κ2) is 3.89. The van der Waals surface area contributed by atoms with Crippen molar-refractivity contribution in [2.45, 2.75) is 39.0 Å². The van der Waals surface area contributed by atoms with Gasteiger partial charge in [-0.15, -0.1) is 0 Å². The Labute approximate surface area is 95.8 Å². The normalized spacial score (nSPS) is 30.6. The minimum atomic E-state index is -0.424. The molecule has 2 aliphatic rings. The van der Waals surface area contributed by atoms with Crippen LogP contribution in [-0.4, -0.2) is 54.0 Å². The molecule has 2 heterocycles. The molecular formula is C11H20N2O3. The molecule has 0 spiro atoms. The van der Waals surface area contributed by atoms with E-state index in [1.165, 1.54) is 0 Å². The predicted octanol–water partition coefficient (Wildman–Crippen LogP) is 0.186. The number of carbonyl (C=O) groups excluding carboxylic acids is 1. The number of ether oxygens (including phenoxy) is 1. The summed E-state index contributed by atoms with van der Waals surface area (Å²) in [6, 6.07) is -0.131. The number of nitrogens with one attached hydrogen (secondary N) is 1. The molecule has 0 radical (unpaired) electrons. The van der Waals surface area contributed by atoms with E-state index in [1.54, 1.807) is 4.90 Å². The van der Waals surface area contributed by atoms with Crippen molar-refractivity contribution in [2.24, 2.45) is 5.41 Å². The molecule has 16 heavy (non-hydrogen) atoms. The molecule has 5 heteroatoms. The minimum absolute atomic E-state index is 0.00543. The number of hydrogen-bond acceptors (Lipinski definition) is 4. The van der Waals surface area contributed by atoms with Gasteiger partial charge in [-0.1, -0.05) is 20.8 Å². The maximum atomic E-state index is 11.8. The number of rotatable bonds is 1. The Bertz CT molecular complexity index is 283. The third kappa shape index (κ3) is 2.01. The van der Waals surface area contributed by atoms with E-state index in [-0.39, 0.29) is 23.7 Å². The number of aliphatic hydroxyl groups excluding tert-OH is 1. The van der Waals surface area contributed by atoms with Crippen molar-refractivity contribution in [1.29, 1.82) is 0 Å². The number of likely N-dealkylation sites (tertiary alicyclic amines) is 1. The maximum Gasteiger partial charge on any atom is 0.410 e. The Kier molecular flexibility index (Phi) is 2.84. The Morgan fingerprint density at radius 1 is 1.44 bits per heavy atom. The summed E-state index contributed by atoms with van der Waals surface area (Å²) in [7, 11) is 0. The van der Waals surface area contributed by atoms with Crippen molar-refractivity contribution < 1.29 is 14.6 Å². The van der Waals surface area contributed by atoms with Crippen molar-refractivity contribution in [2.75, 3.05) is 19.6 Å². The highest BCUT2D eigenvalue weighted by atomic mass is 16.6. The molecular weight excluding hydrogens is 208 g/mol. The molecule has 0 aromatic carbocycles. The monoisotopic (exact) mass is 228 g/mol. The number of hydrogen-bond donors (Lipinski definition) is 2. The standard InChI is InChI=1S/C11H20N2O3/c1-11(2,3)9-8(14)6-13(9)10(15)16-7-4-12-5-7/h7-9,12,14H,4-6H2,1-3H3. The molecule has 2 rings (SSSR count). The quantitative estimate of drug-likeness (QED) is 0.672. The van der Waals surface area contributed by atoms with Crippen molar-refractivity contribution in [3.05, 3.63) is 0 Å². The lowest BCUT2D eigenvalue weighted by Crippen LogP contribution is -2.67. The topological polar surface area (TPSA) is 61.8 Å². The first-order chi connectivity index (χ1) is 7.39. The SMILES string of the molecule is CC(C)(C)C1C(O)CN1C(=O)OC1CNC1. The van der Waals surface area contributed by atoms with Crippen LogP contribution in [0.3, 0.4) is 0 Å². The zero-order valence-electron chi connectivity index (χ0n) is 10.1. The van der Waals surface area contributed by atoms with Gasteiger partial charge >= 0.3 is 6.09 Å². The minimum Gasteiger partial charge on any atom is -0.443 e. The zero-order valence-corrected chi connectivity index (χ0v) is 10.1. The van der Waals surface area contributed by atoms with Crippen LogP contribution in [-0.2, 0) is 4.74 Å². The second-order valence-electron chi connectivity index (χ2n) is 5.69. The van der Waals surface area contributed by atoms with E-state index in [2.05, 4.69) is 5.32 Å². The van der Waals surface area contributed by atoms with E-state index in [0.29, 0.717) is 6.54 Å². The first-order valence-electron chi connectivity index (χ1n) is 5.75. The molecule has 2 N–H and O–H groups in total. The highest BCUT2D eigenvalue weighted by Crippen LogP contribution is 2.34. The van der Waals surface area contributed by atoms with E-state index >= 15 is 0 Å². The molecule has 2 fully saturated rings. The summed E-state index contributed by atoms with van der Waals surface area (Å²) in [5.74, 6) is 0. The van der Waals surface area contributed by atoms with Gasteiger partial charge in [0.15, 0.2) is 0 Å². The van der Waals surface area contributed by atoms with E-state index in [0.717, 1.165) is 13.1 Å². The van der Waals surface area contributed by atoms with E-state index in [1.807, 2.05) is 20.8 Å². The first-order valence-corrected chi connectivity index (χ1v) is 5.75. The smallest absolute Gasteiger partial charge is 0.410 e. The molecule has 0 aromatic rings. The van der Waals surface area contributed by atoms with Gasteiger partial charge in [-0.3, -0.25) is 4.90 Å². The van der Waals surface area contributed by atoms with Gasteiger partial charge in [-0.2, -0.15) is 0 Å². The molecule has 2 saturated heterocycles. The van der Waals surface area contributed by atoms with E-state index in [4.69, 9.17) is 4.74 Å². The summed E-state index contributed by atoms with van der Waals surface area (Å²) >= 11 is 0. The van der Waals surface area contributed by atoms with Crippen LogP contribution in [0.5, 0.6) is 0 Å². The fourth-order valence-electron chi connectivity index (χ4n) is 2.27. The first kappa shape index (κ1) is 11.7. The van der Waals surface area contributed by atoms with Gasteiger partial charge < -0.3 is 15.2 Å². The summed E-state index contributed by atoms with van der Waals surface area (Å²) in [6.45, 7) is 7.92. The molecule has 1 amide bonds. The van der Waals surface area contributed by atoms with Gasteiger partial charge in [0.05, 0.1) is 18.7 Å². The van der Waals surface area contributed by atoms with Gasteiger partial charge in [-0.25, -0.2) is 4.79 Å². The number of β-amino-alcohol motifs (C(OH)–C–C–N with tert-alkyl or cyclic N) is 1. The lowest BCUT2D eigenvalue weighted by molar-refractivity contribution is -0.103. The molecule has 5 nitrogen and oxygen atoms in total. The van der Waals surface area contributed by atoms with E-state index < -0.39 is 6.10 Å². The summed E-state index contributed by atoms with van der Waals surface area (Å²) in [4.78, 5) is 13.4. The molecule has 2 aliphatic heterocycles. The lowest BCUT2D eigenvalue weighted by atomic mass is 9.77. The average molecular weight is 228 g/mol. The van der Waals surface area contributed by atoms with Crippen LogP contribution in [0.15, 0.2) is 0 Å². The Balaban J connectivity index is 1.91. The molecule has 0 bridgehead atoms. The fraction of sp³-hybridized carbons (Fsp3) is 0.909. The Morgan fingerprint density at radius 3 is 2.44 bits per heavy atom. The Morgan fingerprint density at radius 2 is 2.06 bits per heavy atom. The number of aliphatic hydroxyl groups is 1. The van der Waals surface area contributed by atoms with Gasteiger partial charge in [0.1, 0.15) is 6.10 Å². The van der Waals surface area contributed by atoms with Crippen LogP contribution in [0, 0.1) is 5.41 Å². The highest BCUT2D eigenvalue weighted by molar-refractivity contribution is 5.70. The van der Waals surface area contributed by atoms with E-state index in [9.17, 15) is 9.90 Å². The van der Waals surface area contributed by atoms with Crippen LogP contribution in [0.4, 0.5) is 4.79 Å². The molecule has 2 unspecified atom stereocenters. The van der Waals surface area contributed by atoms with Crippen LogP contribution >= 0.6 is 0 Å². The zero-order chi connectivity index (χ0) is 11.9. The van der Waals surface area contributed by atoms with Gasteiger partial charge in [0, 0.05) is 13.1 Å². The summed E-state index contributed by atoms with van der Waals surface area (Å²) in [5.41, 5.74) is -0.117. The Hall–Kier alpha value is -0.810. The molecule has 92 valence electrons. The highest BCUT2D eigenvalue weighted by Gasteiger charge is 2.48. The van der Waals surface area contributed by atoms with Crippen LogP contribution < -0.4 is 5.32 Å². The molecule has 0 saturated carbocycles. The van der Waals surface area contributed by atoms with Crippen LogP contribution in [0.2, 0.25) is 0 Å². The number of carbonyl (C=O) groups is 1. The summed E-state index contributed by atoms with van der Waals surface area (Å²) in [5, 5.41) is 12.8. The largest absolute Gasteiger partial charge is 0.443 e. The number of nitrogens with zero attached hydrogens (tertiary/aromatic N) is 1. The third-order valence-electron chi connectivity index (χ3n) is 3.22. The van der Waals surface area contributed by atoms with Gasteiger partial charge in [0.2, 0.25) is 0 Å². The van der Waals surface area contributed by atoms with Crippen molar-refractivity contribution in [3.63, 3.8) is 0 Å². The molecule has 0 aliphatic carbocycles. The fourth-order valence-corrected chi connectivity index (χ4v) is 2.27.